The Morgan fingerprint density at radius 2 is 2.24 bits per heavy atom. The average Bonchev–Trinajstić information content (AvgIpc) is 2.76. The smallest absolute Gasteiger partial charge is 0.414 e. The van der Waals surface area contributed by atoms with Crippen LogP contribution in [0.4, 0.5) is 10.5 Å². The van der Waals surface area contributed by atoms with Gasteiger partial charge in [-0.1, -0.05) is 6.07 Å². The molecule has 1 aliphatic rings. The molecule has 1 aromatic rings. The third-order valence-electron chi connectivity index (χ3n) is 2.86. The van der Waals surface area contributed by atoms with E-state index in [0.717, 1.165) is 0 Å². The molecule has 0 radical (unpaired) electrons. The highest BCUT2D eigenvalue weighted by Crippen LogP contribution is 2.25. The van der Waals surface area contributed by atoms with Gasteiger partial charge in [-0.05, 0) is 18.2 Å². The SMILES string of the molecule is CC(=O)OCC1COC(=O)N1c1cccc(S(N)(=O)=O)c1. The number of carbonyl (C=O) groups excluding carboxylic acids is 2. The summed E-state index contributed by atoms with van der Waals surface area (Å²) in [4.78, 5) is 23.7. The largest absolute Gasteiger partial charge is 0.464 e. The van der Waals surface area contributed by atoms with Crippen LogP contribution in [0.25, 0.3) is 0 Å². The summed E-state index contributed by atoms with van der Waals surface area (Å²) >= 11 is 0. The van der Waals surface area contributed by atoms with Crippen molar-refractivity contribution >= 4 is 27.8 Å². The Morgan fingerprint density at radius 3 is 2.86 bits per heavy atom. The van der Waals surface area contributed by atoms with Crippen molar-refractivity contribution in [2.45, 2.75) is 17.9 Å². The molecule has 1 aromatic carbocycles. The molecule has 0 saturated carbocycles. The van der Waals surface area contributed by atoms with Gasteiger partial charge in [0.25, 0.3) is 0 Å². The van der Waals surface area contributed by atoms with E-state index >= 15 is 0 Å². The highest BCUT2D eigenvalue weighted by atomic mass is 32.2. The van der Waals surface area contributed by atoms with E-state index in [1.54, 1.807) is 6.07 Å². The normalized spacial score (nSPS) is 18.5. The average molecular weight is 314 g/mol. The number of cyclic esters (lactones) is 1. The van der Waals surface area contributed by atoms with Crippen LogP contribution in [0.2, 0.25) is 0 Å². The molecule has 1 unspecified atom stereocenters. The first-order valence-electron chi connectivity index (χ1n) is 6.01. The maximum atomic E-state index is 11.8. The van der Waals surface area contributed by atoms with Crippen molar-refractivity contribution in [1.29, 1.82) is 0 Å². The zero-order valence-electron chi connectivity index (χ0n) is 11.2. The van der Waals surface area contributed by atoms with E-state index in [-0.39, 0.29) is 18.1 Å². The number of primary sulfonamides is 1. The van der Waals surface area contributed by atoms with Crippen LogP contribution in [-0.4, -0.2) is 39.7 Å². The van der Waals surface area contributed by atoms with Crippen molar-refractivity contribution in [2.24, 2.45) is 5.14 Å². The third kappa shape index (κ3) is 3.50. The Kier molecular flexibility index (Phi) is 4.14. The van der Waals surface area contributed by atoms with Crippen LogP contribution >= 0.6 is 0 Å². The van der Waals surface area contributed by atoms with Gasteiger partial charge in [0.15, 0.2) is 0 Å². The van der Waals surface area contributed by atoms with Gasteiger partial charge in [-0.3, -0.25) is 9.69 Å². The minimum absolute atomic E-state index is 0.0410. The molecule has 1 fully saturated rings. The van der Waals surface area contributed by atoms with Gasteiger partial charge >= 0.3 is 12.1 Å². The number of nitrogens with two attached hydrogens (primary N) is 1. The fourth-order valence-electron chi connectivity index (χ4n) is 1.92. The van der Waals surface area contributed by atoms with Gasteiger partial charge in [-0.2, -0.15) is 0 Å². The fourth-order valence-corrected chi connectivity index (χ4v) is 2.48. The minimum Gasteiger partial charge on any atom is -0.464 e. The van der Waals surface area contributed by atoms with Crippen LogP contribution < -0.4 is 10.0 Å². The molecule has 0 aromatic heterocycles. The maximum Gasteiger partial charge on any atom is 0.414 e. The number of amides is 1. The topological polar surface area (TPSA) is 116 Å². The van der Waals surface area contributed by atoms with E-state index in [1.165, 1.54) is 30.0 Å². The molecule has 0 bridgehead atoms. The summed E-state index contributed by atoms with van der Waals surface area (Å²) in [6.07, 6.45) is -0.640. The van der Waals surface area contributed by atoms with Gasteiger partial charge in [-0.15, -0.1) is 0 Å². The number of anilines is 1. The second kappa shape index (κ2) is 5.70. The van der Waals surface area contributed by atoms with Crippen LogP contribution in [0, 0.1) is 0 Å². The molecule has 9 heteroatoms. The van der Waals surface area contributed by atoms with E-state index in [1.807, 2.05) is 0 Å². The van der Waals surface area contributed by atoms with Gasteiger partial charge < -0.3 is 9.47 Å². The molecule has 114 valence electrons. The molecule has 1 aliphatic heterocycles. The number of rotatable bonds is 4. The number of esters is 1. The first kappa shape index (κ1) is 15.3. The van der Waals surface area contributed by atoms with E-state index < -0.39 is 28.1 Å². The first-order chi connectivity index (χ1) is 9.79. The zero-order chi connectivity index (χ0) is 15.6. The molecule has 0 aliphatic carbocycles. The summed E-state index contributed by atoms with van der Waals surface area (Å²) in [5.74, 6) is -0.479. The van der Waals surface area contributed by atoms with Crippen molar-refractivity contribution in [1.82, 2.24) is 0 Å². The molecule has 8 nitrogen and oxygen atoms in total. The van der Waals surface area contributed by atoms with Crippen molar-refractivity contribution in [3.05, 3.63) is 24.3 Å². The number of hydrogen-bond acceptors (Lipinski definition) is 6. The van der Waals surface area contributed by atoms with Crippen molar-refractivity contribution < 1.29 is 27.5 Å². The van der Waals surface area contributed by atoms with E-state index in [2.05, 4.69) is 0 Å². The summed E-state index contributed by atoms with van der Waals surface area (Å²) < 4.78 is 32.5. The Balaban J connectivity index is 2.29. The maximum absolute atomic E-state index is 11.8. The van der Waals surface area contributed by atoms with Crippen LogP contribution in [-0.2, 0) is 24.3 Å². The van der Waals surface area contributed by atoms with Gasteiger partial charge in [0, 0.05) is 12.6 Å². The summed E-state index contributed by atoms with van der Waals surface area (Å²) in [6.45, 7) is 1.26. The van der Waals surface area contributed by atoms with Crippen LogP contribution in [0.5, 0.6) is 0 Å². The second-order valence-corrected chi connectivity index (χ2v) is 6.01. The quantitative estimate of drug-likeness (QED) is 0.795. The number of carbonyl (C=O) groups is 2. The highest BCUT2D eigenvalue weighted by Gasteiger charge is 2.35. The van der Waals surface area contributed by atoms with Crippen LogP contribution in [0.1, 0.15) is 6.92 Å². The first-order valence-corrected chi connectivity index (χ1v) is 7.56. The van der Waals surface area contributed by atoms with Gasteiger partial charge in [0.1, 0.15) is 19.3 Å². The Morgan fingerprint density at radius 1 is 1.52 bits per heavy atom. The number of ether oxygens (including phenoxy) is 2. The number of hydrogen-bond donors (Lipinski definition) is 1. The highest BCUT2D eigenvalue weighted by molar-refractivity contribution is 7.89. The number of benzene rings is 1. The van der Waals surface area contributed by atoms with Crippen LogP contribution in [0.3, 0.4) is 0 Å². The lowest BCUT2D eigenvalue weighted by Gasteiger charge is -2.21. The molecule has 2 N–H and O–H groups in total. The standard InChI is InChI=1S/C12H14N2O6S/c1-8(15)19-6-10-7-20-12(16)14(10)9-3-2-4-11(5-9)21(13,17)18/h2-5,10H,6-7H2,1H3,(H2,13,17,18). The van der Waals surface area contributed by atoms with E-state index in [0.29, 0.717) is 5.69 Å². The molecule has 2 rings (SSSR count). The van der Waals surface area contributed by atoms with E-state index in [9.17, 15) is 18.0 Å². The molecule has 21 heavy (non-hydrogen) atoms. The predicted molar refractivity (Wildman–Crippen MR) is 72.1 cm³/mol. The van der Waals surface area contributed by atoms with Crippen molar-refractivity contribution in [3.8, 4) is 0 Å². The third-order valence-corrected chi connectivity index (χ3v) is 3.78. The minimum atomic E-state index is -3.88. The molecule has 0 spiro atoms. The predicted octanol–water partition coefficient (Wildman–Crippen LogP) is 0.222. The summed E-state index contributed by atoms with van der Waals surface area (Å²) in [5.41, 5.74) is 0.307. The van der Waals surface area contributed by atoms with Crippen LogP contribution in [0.15, 0.2) is 29.2 Å². The van der Waals surface area contributed by atoms with Gasteiger partial charge in [-0.25, -0.2) is 18.4 Å². The molecule has 1 heterocycles. The molecule has 1 amide bonds. The van der Waals surface area contributed by atoms with Crippen molar-refractivity contribution in [3.63, 3.8) is 0 Å². The van der Waals surface area contributed by atoms with Crippen molar-refractivity contribution in [2.75, 3.05) is 18.1 Å². The lowest BCUT2D eigenvalue weighted by Crippen LogP contribution is -2.37. The molecular formula is C12H14N2O6S. The molecular weight excluding hydrogens is 300 g/mol. The van der Waals surface area contributed by atoms with E-state index in [4.69, 9.17) is 14.6 Å². The van der Waals surface area contributed by atoms with Gasteiger partial charge in [0.2, 0.25) is 10.0 Å². The number of nitrogens with zero attached hydrogens (tertiary/aromatic N) is 1. The summed E-state index contributed by atoms with van der Waals surface area (Å²) in [5, 5.41) is 5.06. The lowest BCUT2D eigenvalue weighted by molar-refractivity contribution is -0.141. The Labute approximate surface area is 121 Å². The fraction of sp³-hybridized carbons (Fsp3) is 0.333. The Bertz CT molecular complexity index is 672. The molecule has 1 saturated heterocycles. The Hall–Kier alpha value is -2.13. The number of sulfonamides is 1. The summed E-state index contributed by atoms with van der Waals surface area (Å²) in [7, 11) is -3.88. The second-order valence-electron chi connectivity index (χ2n) is 4.45. The zero-order valence-corrected chi connectivity index (χ0v) is 12.0. The molecule has 1 atom stereocenters. The summed E-state index contributed by atoms with van der Waals surface area (Å²) in [6, 6.07) is 5.08. The van der Waals surface area contributed by atoms with Gasteiger partial charge in [0.05, 0.1) is 4.90 Å². The monoisotopic (exact) mass is 314 g/mol. The lowest BCUT2D eigenvalue weighted by atomic mass is 10.2.